The van der Waals surface area contributed by atoms with E-state index in [1.165, 1.54) is 11.3 Å². The number of amides is 1. The Labute approximate surface area is 130 Å². The second-order valence-corrected chi connectivity index (χ2v) is 6.23. The highest BCUT2D eigenvalue weighted by Gasteiger charge is 2.32. The summed E-state index contributed by atoms with van der Waals surface area (Å²) in [6.07, 6.45) is 3.54. The van der Waals surface area contributed by atoms with Crippen molar-refractivity contribution >= 4 is 17.2 Å². The van der Waals surface area contributed by atoms with Crippen LogP contribution in [-0.2, 0) is 11.2 Å². The fourth-order valence-corrected chi connectivity index (χ4v) is 3.60. The molecular formula is C14H16N4O3S. The molecular weight excluding hydrogens is 304 g/mol. The highest BCUT2D eigenvalue weighted by molar-refractivity contribution is 7.09. The molecule has 0 unspecified atom stereocenters. The maximum Gasteiger partial charge on any atom is 0.325 e. The number of H-pyrrole nitrogens is 2. The number of nitrogens with zero attached hydrogens (tertiary/aromatic N) is 2. The molecule has 7 nitrogen and oxygen atoms in total. The van der Waals surface area contributed by atoms with Crippen molar-refractivity contribution in [3.63, 3.8) is 0 Å². The van der Waals surface area contributed by atoms with Gasteiger partial charge in [-0.15, -0.1) is 11.3 Å². The molecule has 2 N–H and O–H groups in total. The standard InChI is InChI=1S/C14H16N4O3S/c1-8-9(12(20)17-14(21)16-8)7-11(19)18-5-2-3-10(18)13-15-4-6-22-13/h4,6,10H,2-3,5,7H2,1H3,(H2,16,17,20,21)/t10-/m1/s1. The van der Waals surface area contributed by atoms with Gasteiger partial charge in [0.2, 0.25) is 5.91 Å². The van der Waals surface area contributed by atoms with Crippen molar-refractivity contribution in [2.45, 2.75) is 32.2 Å². The highest BCUT2D eigenvalue weighted by atomic mass is 32.1. The van der Waals surface area contributed by atoms with Crippen molar-refractivity contribution in [3.05, 3.63) is 48.7 Å². The van der Waals surface area contributed by atoms with Crippen LogP contribution in [0.5, 0.6) is 0 Å². The Morgan fingerprint density at radius 3 is 2.95 bits per heavy atom. The average Bonchev–Trinajstić information content (AvgIpc) is 3.11. The normalized spacial score (nSPS) is 17.9. The predicted molar refractivity (Wildman–Crippen MR) is 81.9 cm³/mol. The van der Waals surface area contributed by atoms with E-state index in [4.69, 9.17) is 0 Å². The molecule has 2 aromatic heterocycles. The summed E-state index contributed by atoms with van der Waals surface area (Å²) < 4.78 is 0. The van der Waals surface area contributed by atoms with Gasteiger partial charge in [-0.2, -0.15) is 0 Å². The minimum Gasteiger partial charge on any atom is -0.333 e. The second kappa shape index (κ2) is 5.88. The Hall–Kier alpha value is -2.22. The quantitative estimate of drug-likeness (QED) is 0.871. The van der Waals surface area contributed by atoms with E-state index >= 15 is 0 Å². The molecule has 2 aromatic rings. The van der Waals surface area contributed by atoms with Crippen molar-refractivity contribution in [1.82, 2.24) is 19.9 Å². The van der Waals surface area contributed by atoms with Crippen LogP contribution in [0.3, 0.4) is 0 Å². The van der Waals surface area contributed by atoms with Gasteiger partial charge in [0.25, 0.3) is 5.56 Å². The lowest BCUT2D eigenvalue weighted by Crippen LogP contribution is -2.35. The van der Waals surface area contributed by atoms with Crippen LogP contribution in [-0.4, -0.2) is 32.3 Å². The highest BCUT2D eigenvalue weighted by Crippen LogP contribution is 2.33. The Morgan fingerprint density at radius 1 is 1.45 bits per heavy atom. The number of aromatic amines is 2. The molecule has 0 bridgehead atoms. The third-order valence-electron chi connectivity index (χ3n) is 3.89. The van der Waals surface area contributed by atoms with E-state index in [1.54, 1.807) is 18.0 Å². The number of aryl methyl sites for hydroxylation is 1. The predicted octanol–water partition coefficient (Wildman–Crippen LogP) is 0.734. The lowest BCUT2D eigenvalue weighted by atomic mass is 10.1. The maximum atomic E-state index is 12.6. The van der Waals surface area contributed by atoms with Crippen molar-refractivity contribution in [2.24, 2.45) is 0 Å². The molecule has 1 fully saturated rings. The third-order valence-corrected chi connectivity index (χ3v) is 4.77. The van der Waals surface area contributed by atoms with Crippen molar-refractivity contribution in [3.8, 4) is 0 Å². The Kier molecular flexibility index (Phi) is 3.93. The smallest absolute Gasteiger partial charge is 0.325 e. The molecule has 0 radical (unpaired) electrons. The Balaban J connectivity index is 1.83. The minimum atomic E-state index is -0.555. The average molecular weight is 320 g/mol. The summed E-state index contributed by atoms with van der Waals surface area (Å²) >= 11 is 1.54. The van der Waals surface area contributed by atoms with E-state index in [2.05, 4.69) is 15.0 Å². The summed E-state index contributed by atoms with van der Waals surface area (Å²) in [5.74, 6) is -0.113. The van der Waals surface area contributed by atoms with Gasteiger partial charge in [0, 0.05) is 29.4 Å². The molecule has 0 aliphatic carbocycles. The summed E-state index contributed by atoms with van der Waals surface area (Å²) in [5.41, 5.74) is -0.304. The summed E-state index contributed by atoms with van der Waals surface area (Å²) in [4.78, 5) is 46.4. The van der Waals surface area contributed by atoms with Gasteiger partial charge >= 0.3 is 5.69 Å². The summed E-state index contributed by atoms with van der Waals surface area (Å²) in [7, 11) is 0. The molecule has 22 heavy (non-hydrogen) atoms. The minimum absolute atomic E-state index is 0.00495. The van der Waals surface area contributed by atoms with Gasteiger partial charge < -0.3 is 9.88 Å². The number of nitrogens with one attached hydrogen (secondary N) is 2. The molecule has 1 aliphatic rings. The summed E-state index contributed by atoms with van der Waals surface area (Å²) in [6, 6.07) is -0.00495. The zero-order valence-electron chi connectivity index (χ0n) is 12.1. The number of hydrogen-bond acceptors (Lipinski definition) is 5. The van der Waals surface area contributed by atoms with Crippen LogP contribution >= 0.6 is 11.3 Å². The van der Waals surface area contributed by atoms with Crippen LogP contribution in [0.2, 0.25) is 0 Å². The fraction of sp³-hybridized carbons (Fsp3) is 0.429. The van der Waals surface area contributed by atoms with Crippen molar-refractivity contribution < 1.29 is 4.79 Å². The van der Waals surface area contributed by atoms with Crippen LogP contribution in [0.4, 0.5) is 0 Å². The molecule has 0 aromatic carbocycles. The van der Waals surface area contributed by atoms with Gasteiger partial charge in [-0.25, -0.2) is 9.78 Å². The summed E-state index contributed by atoms with van der Waals surface area (Å²) in [5, 5.41) is 2.82. The van der Waals surface area contributed by atoms with Gasteiger partial charge in [0.05, 0.1) is 12.5 Å². The van der Waals surface area contributed by atoms with Crippen LogP contribution in [0, 0.1) is 6.92 Å². The molecule has 0 saturated carbocycles. The maximum absolute atomic E-state index is 12.6. The first-order valence-corrected chi connectivity index (χ1v) is 7.95. The molecule has 8 heteroatoms. The van der Waals surface area contributed by atoms with Crippen LogP contribution < -0.4 is 11.2 Å². The second-order valence-electron chi connectivity index (χ2n) is 5.30. The number of carbonyl (C=O) groups excluding carboxylic acids is 1. The summed E-state index contributed by atoms with van der Waals surface area (Å²) in [6.45, 7) is 2.30. The molecule has 1 aliphatic heterocycles. The zero-order valence-corrected chi connectivity index (χ0v) is 12.9. The Morgan fingerprint density at radius 2 is 2.27 bits per heavy atom. The number of aromatic nitrogens is 3. The zero-order chi connectivity index (χ0) is 15.7. The SMILES string of the molecule is Cc1[nH]c(=O)[nH]c(=O)c1CC(=O)N1CCC[C@@H]1c1nccs1. The van der Waals surface area contributed by atoms with Crippen molar-refractivity contribution in [2.75, 3.05) is 6.54 Å². The number of rotatable bonds is 3. The van der Waals surface area contributed by atoms with Crippen LogP contribution in [0.25, 0.3) is 0 Å². The first-order valence-electron chi connectivity index (χ1n) is 7.07. The van der Waals surface area contributed by atoms with Gasteiger partial charge in [-0.1, -0.05) is 0 Å². The molecule has 3 heterocycles. The van der Waals surface area contributed by atoms with E-state index in [9.17, 15) is 14.4 Å². The fourth-order valence-electron chi connectivity index (χ4n) is 2.81. The van der Waals surface area contributed by atoms with E-state index in [0.717, 1.165) is 17.8 Å². The molecule has 1 saturated heterocycles. The molecule has 116 valence electrons. The topological polar surface area (TPSA) is 98.9 Å². The first kappa shape index (κ1) is 14.7. The molecule has 0 spiro atoms. The number of thiazole rings is 1. The number of hydrogen-bond donors (Lipinski definition) is 2. The van der Waals surface area contributed by atoms with Gasteiger partial charge in [-0.05, 0) is 19.8 Å². The van der Waals surface area contributed by atoms with Gasteiger partial charge in [-0.3, -0.25) is 14.6 Å². The Bertz CT molecular complexity index is 793. The van der Waals surface area contributed by atoms with Gasteiger partial charge in [0.15, 0.2) is 0 Å². The van der Waals surface area contributed by atoms with Crippen LogP contribution in [0.15, 0.2) is 21.2 Å². The van der Waals surface area contributed by atoms with Crippen molar-refractivity contribution in [1.29, 1.82) is 0 Å². The number of carbonyl (C=O) groups is 1. The molecule has 1 amide bonds. The van der Waals surface area contributed by atoms with Crippen LogP contribution in [0.1, 0.15) is 35.1 Å². The van der Waals surface area contributed by atoms with E-state index in [-0.39, 0.29) is 18.4 Å². The molecule has 1 atom stereocenters. The van der Waals surface area contributed by atoms with Gasteiger partial charge in [0.1, 0.15) is 5.01 Å². The molecule has 3 rings (SSSR count). The number of likely N-dealkylation sites (tertiary alicyclic amines) is 1. The van der Waals surface area contributed by atoms with E-state index < -0.39 is 11.2 Å². The monoisotopic (exact) mass is 320 g/mol. The largest absolute Gasteiger partial charge is 0.333 e. The lowest BCUT2D eigenvalue weighted by Gasteiger charge is -2.23. The van der Waals surface area contributed by atoms with E-state index in [0.29, 0.717) is 17.8 Å². The van der Waals surface area contributed by atoms with E-state index in [1.807, 2.05) is 5.38 Å². The lowest BCUT2D eigenvalue weighted by molar-refractivity contribution is -0.131. The first-order chi connectivity index (χ1) is 10.6. The third kappa shape index (κ3) is 2.74.